The summed E-state index contributed by atoms with van der Waals surface area (Å²) in [5, 5.41) is 6.90. The number of carbonyl (C=O) groups is 2. The van der Waals surface area contributed by atoms with E-state index in [0.717, 1.165) is 10.4 Å². The Morgan fingerprint density at radius 3 is 2.27 bits per heavy atom. The second-order valence-electron chi connectivity index (χ2n) is 10.0. The Labute approximate surface area is 223 Å². The minimum atomic E-state index is -3.78. The van der Waals surface area contributed by atoms with Crippen LogP contribution in [0.5, 0.6) is 0 Å². The van der Waals surface area contributed by atoms with Gasteiger partial charge in [0.15, 0.2) is 0 Å². The van der Waals surface area contributed by atoms with Gasteiger partial charge in [-0.2, -0.15) is 4.31 Å². The number of fused-ring (bicyclic) bond motifs is 1. The van der Waals surface area contributed by atoms with Gasteiger partial charge in [-0.05, 0) is 70.9 Å². The van der Waals surface area contributed by atoms with Crippen molar-refractivity contribution < 1.29 is 22.7 Å². The maximum Gasteiger partial charge on any atom is 0.341 e. The first-order valence-electron chi connectivity index (χ1n) is 12.0. The van der Waals surface area contributed by atoms with Crippen molar-refractivity contribution >= 4 is 38.2 Å². The fourth-order valence-electron chi connectivity index (χ4n) is 4.70. The largest absolute Gasteiger partial charge is 0.462 e. The third-order valence-electron chi connectivity index (χ3n) is 5.97. The molecule has 10 heteroatoms. The van der Waals surface area contributed by atoms with Crippen molar-refractivity contribution in [2.24, 2.45) is 0 Å². The molecule has 1 amide bonds. The van der Waals surface area contributed by atoms with E-state index in [1.165, 1.54) is 52.1 Å². The first-order chi connectivity index (χ1) is 17.3. The number of sulfonamides is 1. The summed E-state index contributed by atoms with van der Waals surface area (Å²) in [4.78, 5) is 27.2. The van der Waals surface area contributed by atoms with Crippen LogP contribution in [0.1, 0.15) is 65.8 Å². The van der Waals surface area contributed by atoms with Gasteiger partial charge in [0.25, 0.3) is 5.91 Å². The second-order valence-corrected chi connectivity index (χ2v) is 13.0. The Kier molecular flexibility index (Phi) is 8.48. The lowest BCUT2D eigenvalue weighted by atomic mass is 9.81. The van der Waals surface area contributed by atoms with Crippen LogP contribution in [0.25, 0.3) is 0 Å². The maximum absolute atomic E-state index is 13.2. The molecule has 0 bridgehead atoms. The fourth-order valence-corrected chi connectivity index (χ4v) is 7.34. The third-order valence-corrected chi connectivity index (χ3v) is 9.29. The van der Waals surface area contributed by atoms with Crippen LogP contribution >= 0.6 is 11.3 Å². The SMILES string of the molecule is C=CCN(CC=C)S(=O)(=O)c1ccc(C(=O)Nc2sc3c(c2C(=O)OCC)CC(C)(C)NC3(C)C)cc1. The van der Waals surface area contributed by atoms with E-state index in [0.29, 0.717) is 17.0 Å². The molecule has 0 aliphatic carbocycles. The molecule has 200 valence electrons. The van der Waals surface area contributed by atoms with Gasteiger partial charge in [0.05, 0.1) is 17.1 Å². The predicted octanol–water partition coefficient (Wildman–Crippen LogP) is 4.70. The van der Waals surface area contributed by atoms with Gasteiger partial charge in [0.2, 0.25) is 10.0 Å². The van der Waals surface area contributed by atoms with Crippen molar-refractivity contribution in [3.05, 3.63) is 71.1 Å². The minimum absolute atomic E-state index is 0.0570. The van der Waals surface area contributed by atoms with Crippen molar-refractivity contribution in [3.8, 4) is 0 Å². The summed E-state index contributed by atoms with van der Waals surface area (Å²) in [6.07, 6.45) is 3.61. The molecule has 0 atom stereocenters. The van der Waals surface area contributed by atoms with Crippen LogP contribution < -0.4 is 10.6 Å². The van der Waals surface area contributed by atoms with Crippen LogP contribution in [0.3, 0.4) is 0 Å². The van der Waals surface area contributed by atoms with Gasteiger partial charge >= 0.3 is 5.97 Å². The van der Waals surface area contributed by atoms with Crippen molar-refractivity contribution in [1.29, 1.82) is 0 Å². The summed E-state index contributed by atoms with van der Waals surface area (Å²) < 4.78 is 32.5. The van der Waals surface area contributed by atoms with Crippen LogP contribution in [0, 0.1) is 0 Å². The number of anilines is 1. The molecule has 1 aliphatic heterocycles. The number of esters is 1. The molecule has 2 N–H and O–H groups in total. The van der Waals surface area contributed by atoms with Gasteiger partial charge < -0.3 is 15.4 Å². The number of thiophene rings is 1. The lowest BCUT2D eigenvalue weighted by molar-refractivity contribution is 0.0525. The summed E-state index contributed by atoms with van der Waals surface area (Å²) in [6, 6.07) is 5.69. The summed E-state index contributed by atoms with van der Waals surface area (Å²) >= 11 is 1.35. The van der Waals surface area contributed by atoms with Gasteiger partial charge in [-0.3, -0.25) is 4.79 Å². The lowest BCUT2D eigenvalue weighted by Gasteiger charge is -2.42. The number of nitrogens with zero attached hydrogens (tertiary/aromatic N) is 1. The normalized spacial score (nSPS) is 16.1. The first kappa shape index (κ1) is 28.8. The zero-order chi connectivity index (χ0) is 27.6. The number of hydrogen-bond acceptors (Lipinski definition) is 7. The Bertz CT molecular complexity index is 1300. The fraction of sp³-hybridized carbons (Fsp3) is 0.407. The molecule has 37 heavy (non-hydrogen) atoms. The third kappa shape index (κ3) is 6.04. The van der Waals surface area contributed by atoms with Crippen LogP contribution in [-0.4, -0.2) is 49.8 Å². The number of amides is 1. The summed E-state index contributed by atoms with van der Waals surface area (Å²) in [6.45, 7) is 17.7. The molecular formula is C27H35N3O5S2. The molecular weight excluding hydrogens is 510 g/mol. The number of hydrogen-bond donors (Lipinski definition) is 2. The molecule has 1 aromatic carbocycles. The highest BCUT2D eigenvalue weighted by atomic mass is 32.2. The summed E-state index contributed by atoms with van der Waals surface area (Å²) in [5.74, 6) is -0.929. The molecule has 2 aromatic rings. The molecule has 0 radical (unpaired) electrons. The van der Waals surface area contributed by atoms with Gasteiger partial charge in [0, 0.05) is 34.6 Å². The molecule has 2 heterocycles. The van der Waals surface area contributed by atoms with E-state index < -0.39 is 27.4 Å². The van der Waals surface area contributed by atoms with Crippen LogP contribution in [0.4, 0.5) is 5.00 Å². The number of rotatable bonds is 10. The lowest BCUT2D eigenvalue weighted by Crippen LogP contribution is -2.55. The number of ether oxygens (including phenoxy) is 1. The van der Waals surface area contributed by atoms with Gasteiger partial charge in [-0.25, -0.2) is 13.2 Å². The van der Waals surface area contributed by atoms with E-state index in [4.69, 9.17) is 4.74 Å². The average molecular weight is 546 g/mol. The van der Waals surface area contributed by atoms with Gasteiger partial charge in [-0.1, -0.05) is 12.2 Å². The highest BCUT2D eigenvalue weighted by molar-refractivity contribution is 7.89. The zero-order valence-electron chi connectivity index (χ0n) is 22.0. The van der Waals surface area contributed by atoms with E-state index in [1.54, 1.807) is 6.92 Å². The molecule has 0 fully saturated rings. The molecule has 0 spiro atoms. The standard InChI is InChI=1S/C27H35N3O5S2/c1-8-15-30(16-9-2)37(33,34)19-13-11-18(12-14-19)23(31)28-24-21(25(32)35-10-3)20-17-26(4,5)29-27(6,7)22(20)36-24/h8-9,11-14,29H,1-2,10,15-17H2,3-7H3,(H,28,31). The average Bonchev–Trinajstić information content (AvgIpc) is 3.16. The summed E-state index contributed by atoms with van der Waals surface area (Å²) in [5.41, 5.74) is 0.842. The number of benzene rings is 1. The second kappa shape index (κ2) is 10.9. The topological polar surface area (TPSA) is 105 Å². The zero-order valence-corrected chi connectivity index (χ0v) is 23.6. The number of nitrogens with one attached hydrogen (secondary N) is 2. The molecule has 1 aromatic heterocycles. The van der Waals surface area contributed by atoms with Gasteiger partial charge in [-0.15, -0.1) is 24.5 Å². The Morgan fingerprint density at radius 1 is 1.14 bits per heavy atom. The van der Waals surface area contributed by atoms with Crippen molar-refractivity contribution in [2.45, 2.75) is 57.0 Å². The van der Waals surface area contributed by atoms with Crippen molar-refractivity contribution in [2.75, 3.05) is 25.0 Å². The molecule has 8 nitrogen and oxygen atoms in total. The molecule has 0 saturated heterocycles. The van der Waals surface area contributed by atoms with Gasteiger partial charge in [0.1, 0.15) is 5.00 Å². The Morgan fingerprint density at radius 2 is 1.73 bits per heavy atom. The highest BCUT2D eigenvalue weighted by Crippen LogP contribution is 2.45. The quantitative estimate of drug-likeness (QED) is 0.331. The maximum atomic E-state index is 13.2. The predicted molar refractivity (Wildman–Crippen MR) is 148 cm³/mol. The Balaban J connectivity index is 1.95. The minimum Gasteiger partial charge on any atom is -0.462 e. The van der Waals surface area contributed by atoms with E-state index in [-0.39, 0.29) is 35.7 Å². The monoisotopic (exact) mass is 545 g/mol. The van der Waals surface area contributed by atoms with E-state index in [2.05, 4.69) is 37.6 Å². The van der Waals surface area contributed by atoms with Crippen molar-refractivity contribution in [1.82, 2.24) is 9.62 Å². The smallest absolute Gasteiger partial charge is 0.341 e. The molecule has 0 unspecified atom stereocenters. The van der Waals surface area contributed by atoms with Crippen molar-refractivity contribution in [3.63, 3.8) is 0 Å². The first-order valence-corrected chi connectivity index (χ1v) is 14.3. The highest BCUT2D eigenvalue weighted by Gasteiger charge is 2.42. The molecule has 1 aliphatic rings. The Hall–Kier alpha value is -2.79. The summed E-state index contributed by atoms with van der Waals surface area (Å²) in [7, 11) is -3.78. The van der Waals surface area contributed by atoms with Crippen LogP contribution in [0.15, 0.2) is 54.5 Å². The molecule has 0 saturated carbocycles. The molecule has 3 rings (SSSR count). The van der Waals surface area contributed by atoms with E-state index in [1.807, 2.05) is 13.8 Å². The van der Waals surface area contributed by atoms with E-state index >= 15 is 0 Å². The van der Waals surface area contributed by atoms with E-state index in [9.17, 15) is 18.0 Å². The van der Waals surface area contributed by atoms with Crippen LogP contribution in [-0.2, 0) is 26.7 Å². The number of carbonyl (C=O) groups excluding carboxylic acids is 2. The van der Waals surface area contributed by atoms with Crippen LogP contribution in [0.2, 0.25) is 0 Å².